The van der Waals surface area contributed by atoms with Crippen molar-refractivity contribution < 1.29 is 24.2 Å². The Balaban J connectivity index is 1.51. The van der Waals surface area contributed by atoms with Crippen LogP contribution in [0.15, 0.2) is 40.9 Å². The van der Waals surface area contributed by atoms with Crippen molar-refractivity contribution in [3.05, 3.63) is 63.1 Å². The summed E-state index contributed by atoms with van der Waals surface area (Å²) in [4.78, 5) is 42.5. The van der Waals surface area contributed by atoms with Gasteiger partial charge in [-0.25, -0.2) is 0 Å². The zero-order valence-corrected chi connectivity index (χ0v) is 24.6. The van der Waals surface area contributed by atoms with Crippen LogP contribution in [0.1, 0.15) is 35.6 Å². The van der Waals surface area contributed by atoms with E-state index in [-0.39, 0.29) is 42.3 Å². The number of anilines is 1. The van der Waals surface area contributed by atoms with Crippen molar-refractivity contribution in [1.82, 2.24) is 4.90 Å². The molecule has 2 amide bonds. The Labute approximate surface area is 227 Å². The van der Waals surface area contributed by atoms with Crippen LogP contribution in [0.25, 0.3) is 0 Å². The molecule has 2 N–H and O–H groups in total. The molecule has 0 aromatic heterocycles. The van der Waals surface area contributed by atoms with E-state index in [1.54, 1.807) is 16.8 Å². The number of rotatable bonds is 4. The van der Waals surface area contributed by atoms with Crippen LogP contribution in [0.3, 0.4) is 0 Å². The molecule has 3 heterocycles. The first-order valence-electron chi connectivity index (χ1n) is 12.9. The van der Waals surface area contributed by atoms with E-state index in [0.717, 1.165) is 32.4 Å². The number of aryl methyl sites for hydroxylation is 1. The molecule has 198 valence electrons. The maximum Gasteiger partial charge on any atom is 0.264 e. The van der Waals surface area contributed by atoms with E-state index in [4.69, 9.17) is 4.74 Å². The molecule has 5 atom stereocenters. The Kier molecular flexibility index (Phi) is 6.68. The van der Waals surface area contributed by atoms with Crippen LogP contribution < -0.4 is 4.90 Å². The van der Waals surface area contributed by atoms with E-state index in [2.05, 4.69) is 15.9 Å². The van der Waals surface area contributed by atoms with Gasteiger partial charge in [0.05, 0.1) is 30.9 Å². The molecule has 1 fully saturated rings. The molecule has 2 aromatic rings. The van der Waals surface area contributed by atoms with Crippen molar-refractivity contribution in [2.24, 2.45) is 5.92 Å². The average Bonchev–Trinajstić information content (AvgIpc) is 3.24. The van der Waals surface area contributed by atoms with Crippen molar-refractivity contribution in [1.29, 1.82) is 0 Å². The number of hydrogen-bond acceptors (Lipinski definition) is 5. The topological polar surface area (TPSA) is 90.3 Å². The second-order valence-corrected chi connectivity index (χ2v) is 16.2. The largest absolute Gasteiger partial charge is 0.432 e. The smallest absolute Gasteiger partial charge is 0.264 e. The van der Waals surface area contributed by atoms with Crippen LogP contribution in [0.4, 0.5) is 5.69 Å². The molecular formula is C28H35BrN2O5Si. The summed E-state index contributed by atoms with van der Waals surface area (Å²) < 4.78 is 7.55. The Morgan fingerprint density at radius 3 is 2.57 bits per heavy atom. The lowest BCUT2D eigenvalue weighted by Gasteiger charge is -2.37. The van der Waals surface area contributed by atoms with Crippen molar-refractivity contribution in [3.8, 4) is 0 Å². The highest BCUT2D eigenvalue weighted by atomic mass is 79.9. The number of fused-ring (bicyclic) bond motifs is 3. The zero-order valence-electron chi connectivity index (χ0n) is 22.0. The Morgan fingerprint density at radius 2 is 1.92 bits per heavy atom. The third-order valence-electron chi connectivity index (χ3n) is 8.56. The standard InChI is InChI=1S/C28H35BrN2O5Si/c1-16-10-21-25(22(29)11-16)30(3)27(34)28(21)17(2)26(37(4,5)35)23(36-28)13-24(33)31-14-19-9-7-6-8-18(19)12-20(31)15-32/h6-11,17,20,23,26,32,35H,12-15H2,1-5H3/t17-,20+,23+,26-,28+/m1/s1. The van der Waals surface area contributed by atoms with E-state index in [1.165, 1.54) is 0 Å². The van der Waals surface area contributed by atoms with Gasteiger partial charge in [0.2, 0.25) is 5.91 Å². The van der Waals surface area contributed by atoms with Gasteiger partial charge >= 0.3 is 0 Å². The van der Waals surface area contributed by atoms with Gasteiger partial charge in [0, 0.05) is 35.1 Å². The predicted octanol–water partition coefficient (Wildman–Crippen LogP) is 3.87. The van der Waals surface area contributed by atoms with Gasteiger partial charge in [-0.05, 0) is 65.1 Å². The van der Waals surface area contributed by atoms with E-state index in [9.17, 15) is 19.5 Å². The fourth-order valence-electron chi connectivity index (χ4n) is 6.94. The number of halogens is 1. The first-order chi connectivity index (χ1) is 17.4. The minimum atomic E-state index is -2.87. The summed E-state index contributed by atoms with van der Waals surface area (Å²) in [5.41, 5.74) is 3.20. The molecule has 3 aliphatic heterocycles. The molecule has 0 aliphatic carbocycles. The number of nitrogens with zero attached hydrogens (tertiary/aromatic N) is 2. The highest BCUT2D eigenvalue weighted by Gasteiger charge is 2.66. The second kappa shape index (κ2) is 9.31. The molecule has 7 nitrogen and oxygen atoms in total. The Hall–Kier alpha value is -2.04. The van der Waals surface area contributed by atoms with Gasteiger partial charge in [-0.15, -0.1) is 0 Å². The average molecular weight is 588 g/mol. The third kappa shape index (κ3) is 4.10. The monoisotopic (exact) mass is 586 g/mol. The summed E-state index contributed by atoms with van der Waals surface area (Å²) in [6.07, 6.45) is 0.0252. The lowest BCUT2D eigenvalue weighted by atomic mass is 9.82. The second-order valence-electron chi connectivity index (χ2n) is 11.4. The number of ether oxygens (including phenoxy) is 1. The summed E-state index contributed by atoms with van der Waals surface area (Å²) in [7, 11) is -1.12. The third-order valence-corrected chi connectivity index (χ3v) is 11.7. The van der Waals surface area contributed by atoms with Crippen LogP contribution >= 0.6 is 15.9 Å². The molecule has 0 unspecified atom stereocenters. The van der Waals surface area contributed by atoms with E-state index < -0.39 is 20.0 Å². The van der Waals surface area contributed by atoms with Crippen LogP contribution in [0.2, 0.25) is 18.6 Å². The lowest BCUT2D eigenvalue weighted by Crippen LogP contribution is -2.48. The van der Waals surface area contributed by atoms with Gasteiger partial charge < -0.3 is 24.4 Å². The minimum Gasteiger partial charge on any atom is -0.432 e. The van der Waals surface area contributed by atoms with Crippen molar-refractivity contribution >= 4 is 41.7 Å². The molecule has 2 aromatic carbocycles. The molecule has 0 bridgehead atoms. The summed E-state index contributed by atoms with van der Waals surface area (Å²) in [6, 6.07) is 11.7. The Morgan fingerprint density at radius 1 is 1.24 bits per heavy atom. The maximum absolute atomic E-state index is 13.9. The van der Waals surface area contributed by atoms with E-state index in [1.807, 2.05) is 63.3 Å². The summed E-state index contributed by atoms with van der Waals surface area (Å²) in [5, 5.41) is 10.1. The maximum atomic E-state index is 13.9. The molecule has 5 rings (SSSR count). The Bertz CT molecular complexity index is 1260. The number of benzene rings is 2. The van der Waals surface area contributed by atoms with Crippen LogP contribution in [0.5, 0.6) is 0 Å². The fourth-order valence-corrected chi connectivity index (χ4v) is 10.3. The van der Waals surface area contributed by atoms with Crippen LogP contribution in [0, 0.1) is 12.8 Å². The van der Waals surface area contributed by atoms with Gasteiger partial charge in [0.15, 0.2) is 13.9 Å². The number of hydrogen-bond donors (Lipinski definition) is 2. The summed E-state index contributed by atoms with van der Waals surface area (Å²) >= 11 is 3.63. The van der Waals surface area contributed by atoms with E-state index >= 15 is 0 Å². The number of carbonyl (C=O) groups excluding carboxylic acids is 2. The summed E-state index contributed by atoms with van der Waals surface area (Å²) in [5.74, 6) is -0.618. The first-order valence-corrected chi connectivity index (χ1v) is 16.7. The van der Waals surface area contributed by atoms with Crippen molar-refractivity contribution in [3.63, 3.8) is 0 Å². The molecule has 37 heavy (non-hydrogen) atoms. The van der Waals surface area contributed by atoms with Gasteiger partial charge in [0.1, 0.15) is 0 Å². The molecule has 0 saturated carbocycles. The minimum absolute atomic E-state index is 0.0473. The molecule has 0 radical (unpaired) electrons. The highest BCUT2D eigenvalue weighted by molar-refractivity contribution is 9.10. The summed E-state index contributed by atoms with van der Waals surface area (Å²) in [6.45, 7) is 7.97. The number of aliphatic hydroxyl groups is 1. The van der Waals surface area contributed by atoms with Crippen molar-refractivity contribution in [2.45, 2.75) is 69.6 Å². The molecule has 9 heteroatoms. The first kappa shape index (κ1) is 26.6. The van der Waals surface area contributed by atoms with Crippen LogP contribution in [-0.2, 0) is 32.9 Å². The number of carbonyl (C=O) groups is 2. The quantitative estimate of drug-likeness (QED) is 0.531. The highest BCUT2D eigenvalue weighted by Crippen LogP contribution is 2.60. The van der Waals surface area contributed by atoms with Crippen LogP contribution in [-0.4, -0.2) is 60.7 Å². The van der Waals surface area contributed by atoms with Gasteiger partial charge in [-0.3, -0.25) is 9.59 Å². The normalized spacial score (nSPS) is 29.1. The number of aliphatic hydroxyl groups excluding tert-OH is 1. The van der Waals surface area contributed by atoms with Gasteiger partial charge in [-0.1, -0.05) is 37.3 Å². The number of likely N-dealkylation sites (N-methyl/N-ethyl adjacent to an activating group) is 1. The fraction of sp³-hybridized carbons (Fsp3) is 0.500. The molecular weight excluding hydrogens is 552 g/mol. The molecule has 1 spiro atoms. The van der Waals surface area contributed by atoms with Gasteiger partial charge in [-0.2, -0.15) is 0 Å². The predicted molar refractivity (Wildman–Crippen MR) is 148 cm³/mol. The lowest BCUT2D eigenvalue weighted by molar-refractivity contribution is -0.150. The number of amides is 2. The van der Waals surface area contributed by atoms with Crippen molar-refractivity contribution in [2.75, 3.05) is 18.6 Å². The zero-order chi connectivity index (χ0) is 26.9. The SMILES string of the molecule is Cc1cc(Br)c2c(c1)[C@]1(O[C@@H](CC(=O)N3Cc4ccccc4C[C@H]3CO)[C@H]([Si](C)(C)O)[C@H]1C)C(=O)N2C. The van der Waals surface area contributed by atoms with Gasteiger partial charge in [0.25, 0.3) is 5.91 Å². The van der Waals surface area contributed by atoms with E-state index in [0.29, 0.717) is 13.0 Å². The molecule has 3 aliphatic rings. The molecule has 1 saturated heterocycles.